The molecular weight excluding hydrogens is 200 g/mol. The molecule has 0 aromatic carbocycles. The Morgan fingerprint density at radius 1 is 1.38 bits per heavy atom. The predicted octanol–water partition coefficient (Wildman–Crippen LogP) is 2.05. The molecule has 1 aliphatic carbocycles. The molecule has 1 saturated carbocycles. The zero-order valence-electron chi connectivity index (χ0n) is 9.78. The van der Waals surface area contributed by atoms with Crippen molar-refractivity contribution in [1.29, 1.82) is 0 Å². The summed E-state index contributed by atoms with van der Waals surface area (Å²) in [5.74, 6) is 0.521. The zero-order chi connectivity index (χ0) is 11.2. The van der Waals surface area contributed by atoms with Gasteiger partial charge < -0.3 is 15.4 Å². The van der Waals surface area contributed by atoms with Crippen LogP contribution in [0.5, 0.6) is 0 Å². The molecule has 90 valence electrons. The van der Waals surface area contributed by atoms with E-state index in [1.807, 2.05) is 12.4 Å². The molecule has 1 aliphatic rings. The number of aromatic amines is 1. The normalized spacial score (nSPS) is 19.8. The second-order valence-electron chi connectivity index (χ2n) is 4.82. The molecule has 1 atom stereocenters. The summed E-state index contributed by atoms with van der Waals surface area (Å²) >= 11 is 0. The first-order valence-corrected chi connectivity index (χ1v) is 6.36. The van der Waals surface area contributed by atoms with Crippen LogP contribution in [-0.2, 0) is 6.54 Å². The molecule has 1 heterocycles. The molecule has 16 heavy (non-hydrogen) atoms. The van der Waals surface area contributed by atoms with Crippen LogP contribution < -0.4 is 5.32 Å². The van der Waals surface area contributed by atoms with Crippen LogP contribution in [0.1, 0.15) is 37.7 Å². The van der Waals surface area contributed by atoms with Gasteiger partial charge in [-0.15, -0.1) is 0 Å². The van der Waals surface area contributed by atoms with Gasteiger partial charge >= 0.3 is 0 Å². The Labute approximate surface area is 97.3 Å². The lowest BCUT2D eigenvalue weighted by atomic mass is 9.85. The molecule has 3 N–H and O–H groups in total. The maximum atomic E-state index is 10.0. The third-order valence-electron chi connectivity index (χ3n) is 3.54. The van der Waals surface area contributed by atoms with Gasteiger partial charge in [0.25, 0.3) is 0 Å². The molecular formula is C13H22N2O. The van der Waals surface area contributed by atoms with Gasteiger partial charge in [0.05, 0.1) is 6.10 Å². The van der Waals surface area contributed by atoms with E-state index in [4.69, 9.17) is 0 Å². The first-order chi connectivity index (χ1) is 7.86. The first-order valence-electron chi connectivity index (χ1n) is 6.36. The number of rotatable bonds is 5. The summed E-state index contributed by atoms with van der Waals surface area (Å²) in [6.45, 7) is 1.56. The Hall–Kier alpha value is -0.800. The van der Waals surface area contributed by atoms with Crippen molar-refractivity contribution in [2.24, 2.45) is 5.92 Å². The van der Waals surface area contributed by atoms with E-state index in [-0.39, 0.29) is 6.10 Å². The summed E-state index contributed by atoms with van der Waals surface area (Å²) < 4.78 is 0. The summed E-state index contributed by atoms with van der Waals surface area (Å²) in [5.41, 5.74) is 1.25. The number of aliphatic hydroxyl groups is 1. The molecule has 0 spiro atoms. The molecule has 0 aliphatic heterocycles. The summed E-state index contributed by atoms with van der Waals surface area (Å²) in [5, 5.41) is 13.3. The summed E-state index contributed by atoms with van der Waals surface area (Å²) in [6, 6.07) is 2.06. The third kappa shape index (κ3) is 3.35. The Kier molecular flexibility index (Phi) is 4.43. The molecule has 0 saturated heterocycles. The zero-order valence-corrected chi connectivity index (χ0v) is 9.78. The molecule has 1 aromatic heterocycles. The molecule has 1 fully saturated rings. The van der Waals surface area contributed by atoms with E-state index in [9.17, 15) is 5.11 Å². The van der Waals surface area contributed by atoms with Gasteiger partial charge in [-0.3, -0.25) is 0 Å². The smallest absolute Gasteiger partial charge is 0.0692 e. The average Bonchev–Trinajstić information content (AvgIpc) is 2.83. The van der Waals surface area contributed by atoms with Crippen molar-refractivity contribution in [2.45, 2.75) is 44.8 Å². The van der Waals surface area contributed by atoms with E-state index in [1.54, 1.807) is 0 Å². The Bertz CT molecular complexity index is 278. The average molecular weight is 222 g/mol. The van der Waals surface area contributed by atoms with Crippen LogP contribution in [0.3, 0.4) is 0 Å². The molecule has 1 aromatic rings. The number of nitrogens with one attached hydrogen (secondary N) is 2. The number of aromatic nitrogens is 1. The van der Waals surface area contributed by atoms with E-state index in [0.29, 0.717) is 5.92 Å². The highest BCUT2D eigenvalue weighted by atomic mass is 16.3. The van der Waals surface area contributed by atoms with Crippen LogP contribution in [0.25, 0.3) is 0 Å². The highest BCUT2D eigenvalue weighted by Crippen LogP contribution is 2.26. The van der Waals surface area contributed by atoms with E-state index in [2.05, 4.69) is 16.4 Å². The van der Waals surface area contributed by atoms with Crippen molar-refractivity contribution in [3.05, 3.63) is 24.0 Å². The Morgan fingerprint density at radius 3 is 2.88 bits per heavy atom. The van der Waals surface area contributed by atoms with E-state index in [1.165, 1.54) is 37.7 Å². The van der Waals surface area contributed by atoms with Crippen LogP contribution in [0.4, 0.5) is 0 Å². The van der Waals surface area contributed by atoms with Gasteiger partial charge in [0.2, 0.25) is 0 Å². The van der Waals surface area contributed by atoms with Gasteiger partial charge in [-0.05, 0) is 30.4 Å². The highest BCUT2D eigenvalue weighted by Gasteiger charge is 2.20. The van der Waals surface area contributed by atoms with Crippen molar-refractivity contribution in [1.82, 2.24) is 10.3 Å². The Balaban J connectivity index is 1.65. The van der Waals surface area contributed by atoms with Crippen molar-refractivity contribution in [3.63, 3.8) is 0 Å². The van der Waals surface area contributed by atoms with Gasteiger partial charge in [-0.2, -0.15) is 0 Å². The standard InChI is InChI=1S/C13H22N2O/c16-13(12-4-2-1-3-5-12)10-15-9-11-6-7-14-8-11/h6-8,12-16H,1-5,9-10H2. The summed E-state index contributed by atoms with van der Waals surface area (Å²) in [7, 11) is 0. The summed E-state index contributed by atoms with van der Waals surface area (Å²) in [4.78, 5) is 3.03. The lowest BCUT2D eigenvalue weighted by molar-refractivity contribution is 0.0839. The number of aliphatic hydroxyl groups excluding tert-OH is 1. The fraction of sp³-hybridized carbons (Fsp3) is 0.692. The van der Waals surface area contributed by atoms with Gasteiger partial charge in [0, 0.05) is 25.5 Å². The fourth-order valence-electron chi connectivity index (χ4n) is 2.52. The maximum Gasteiger partial charge on any atom is 0.0692 e. The molecule has 0 radical (unpaired) electrons. The minimum atomic E-state index is -0.167. The van der Waals surface area contributed by atoms with Crippen LogP contribution in [0, 0.1) is 5.92 Å². The molecule has 2 rings (SSSR count). The summed E-state index contributed by atoms with van der Waals surface area (Å²) in [6.07, 6.45) is 10.1. The molecule has 3 nitrogen and oxygen atoms in total. The topological polar surface area (TPSA) is 48.0 Å². The second-order valence-corrected chi connectivity index (χ2v) is 4.82. The first kappa shape index (κ1) is 11.7. The molecule has 0 bridgehead atoms. The number of hydrogen-bond acceptors (Lipinski definition) is 2. The van der Waals surface area contributed by atoms with Crippen molar-refractivity contribution < 1.29 is 5.11 Å². The second kappa shape index (κ2) is 6.06. The SMILES string of the molecule is OC(CNCc1cc[nH]c1)C1CCCCC1. The minimum Gasteiger partial charge on any atom is -0.392 e. The van der Waals surface area contributed by atoms with Gasteiger partial charge in [-0.25, -0.2) is 0 Å². The van der Waals surface area contributed by atoms with Crippen molar-refractivity contribution >= 4 is 0 Å². The van der Waals surface area contributed by atoms with Crippen LogP contribution >= 0.6 is 0 Å². The minimum absolute atomic E-state index is 0.167. The van der Waals surface area contributed by atoms with Crippen LogP contribution in [0.2, 0.25) is 0 Å². The van der Waals surface area contributed by atoms with E-state index >= 15 is 0 Å². The number of hydrogen-bond donors (Lipinski definition) is 3. The molecule has 1 unspecified atom stereocenters. The quantitative estimate of drug-likeness (QED) is 0.714. The molecule has 3 heteroatoms. The van der Waals surface area contributed by atoms with E-state index in [0.717, 1.165) is 13.1 Å². The number of H-pyrrole nitrogens is 1. The lowest BCUT2D eigenvalue weighted by Crippen LogP contribution is -2.33. The van der Waals surface area contributed by atoms with Gasteiger partial charge in [0.15, 0.2) is 0 Å². The highest BCUT2D eigenvalue weighted by molar-refractivity contribution is 5.07. The third-order valence-corrected chi connectivity index (χ3v) is 3.54. The van der Waals surface area contributed by atoms with E-state index < -0.39 is 0 Å². The van der Waals surface area contributed by atoms with Crippen molar-refractivity contribution in [3.8, 4) is 0 Å². The predicted molar refractivity (Wildman–Crippen MR) is 65.1 cm³/mol. The van der Waals surface area contributed by atoms with Crippen LogP contribution in [0.15, 0.2) is 18.5 Å². The maximum absolute atomic E-state index is 10.0. The van der Waals surface area contributed by atoms with Gasteiger partial charge in [0.1, 0.15) is 0 Å². The van der Waals surface area contributed by atoms with Crippen molar-refractivity contribution in [2.75, 3.05) is 6.54 Å². The largest absolute Gasteiger partial charge is 0.392 e. The fourth-order valence-corrected chi connectivity index (χ4v) is 2.52. The lowest BCUT2D eigenvalue weighted by Gasteiger charge is -2.26. The van der Waals surface area contributed by atoms with Crippen LogP contribution in [-0.4, -0.2) is 22.7 Å². The Morgan fingerprint density at radius 2 is 2.19 bits per heavy atom. The van der Waals surface area contributed by atoms with Gasteiger partial charge in [-0.1, -0.05) is 19.3 Å². The molecule has 0 amide bonds. The monoisotopic (exact) mass is 222 g/mol.